The van der Waals surface area contributed by atoms with E-state index in [2.05, 4.69) is 27.3 Å². The molecule has 6 heteroatoms. The van der Waals surface area contributed by atoms with Gasteiger partial charge in [0.1, 0.15) is 23.3 Å². The van der Waals surface area contributed by atoms with Gasteiger partial charge < -0.3 is 19.4 Å². The number of benzene rings is 2. The highest BCUT2D eigenvalue weighted by Gasteiger charge is 2.42. The number of nitrogens with zero attached hydrogens (tertiary/aromatic N) is 2. The predicted molar refractivity (Wildman–Crippen MR) is 130 cm³/mol. The molecule has 0 radical (unpaired) electrons. The zero-order valence-corrected chi connectivity index (χ0v) is 18.5. The first kappa shape index (κ1) is 20.3. The SMILES string of the molecule is CCOc1ccc(-c2ccc([C@@H]3[C@@H](c4ccccn4)NC(=S)N3c3ccccc3)o2)cc1. The first-order valence-corrected chi connectivity index (χ1v) is 11.0. The predicted octanol–water partition coefficient (Wildman–Crippen LogP) is 5.92. The number of thiocarbonyl (C=S) groups is 1. The van der Waals surface area contributed by atoms with Crippen LogP contribution in [0.2, 0.25) is 0 Å². The Kier molecular flexibility index (Phi) is 5.60. The molecule has 0 amide bonds. The topological polar surface area (TPSA) is 50.5 Å². The summed E-state index contributed by atoms with van der Waals surface area (Å²) in [5, 5.41) is 4.11. The third-order valence-corrected chi connectivity index (χ3v) is 5.82. The molecule has 160 valence electrons. The van der Waals surface area contributed by atoms with Crippen LogP contribution < -0.4 is 15.0 Å². The monoisotopic (exact) mass is 441 g/mol. The van der Waals surface area contributed by atoms with E-state index in [1.165, 1.54) is 0 Å². The zero-order valence-electron chi connectivity index (χ0n) is 17.6. The van der Waals surface area contributed by atoms with Crippen LogP contribution in [-0.4, -0.2) is 16.7 Å². The Hall–Kier alpha value is -3.64. The van der Waals surface area contributed by atoms with Crippen molar-refractivity contribution >= 4 is 23.0 Å². The van der Waals surface area contributed by atoms with Gasteiger partial charge in [0, 0.05) is 17.4 Å². The molecule has 2 aromatic carbocycles. The van der Waals surface area contributed by atoms with Gasteiger partial charge in [-0.3, -0.25) is 4.98 Å². The molecule has 0 spiro atoms. The largest absolute Gasteiger partial charge is 0.494 e. The van der Waals surface area contributed by atoms with Crippen molar-refractivity contribution in [3.8, 4) is 17.1 Å². The van der Waals surface area contributed by atoms with Crippen molar-refractivity contribution in [2.24, 2.45) is 0 Å². The van der Waals surface area contributed by atoms with E-state index in [1.54, 1.807) is 6.20 Å². The summed E-state index contributed by atoms with van der Waals surface area (Å²) in [6.45, 7) is 2.62. The Morgan fingerprint density at radius 3 is 2.47 bits per heavy atom. The molecule has 0 aliphatic carbocycles. The average Bonchev–Trinajstić information content (AvgIpc) is 3.45. The second kappa shape index (κ2) is 8.85. The van der Waals surface area contributed by atoms with E-state index in [-0.39, 0.29) is 12.1 Å². The highest BCUT2D eigenvalue weighted by molar-refractivity contribution is 7.80. The molecule has 1 N–H and O–H groups in total. The van der Waals surface area contributed by atoms with E-state index >= 15 is 0 Å². The number of furan rings is 1. The molecule has 2 aromatic heterocycles. The number of nitrogens with one attached hydrogen (secondary N) is 1. The number of hydrogen-bond acceptors (Lipinski definition) is 4. The number of pyridine rings is 1. The van der Waals surface area contributed by atoms with Gasteiger partial charge in [-0.15, -0.1) is 0 Å². The minimum Gasteiger partial charge on any atom is -0.494 e. The van der Waals surface area contributed by atoms with Crippen molar-refractivity contribution in [1.29, 1.82) is 0 Å². The lowest BCUT2D eigenvalue weighted by molar-refractivity contribution is 0.340. The average molecular weight is 442 g/mol. The van der Waals surface area contributed by atoms with Crippen LogP contribution in [-0.2, 0) is 0 Å². The number of ether oxygens (including phenoxy) is 1. The lowest BCUT2D eigenvalue weighted by atomic mass is 10.0. The molecule has 0 bridgehead atoms. The van der Waals surface area contributed by atoms with Crippen LogP contribution in [0.4, 0.5) is 5.69 Å². The van der Waals surface area contributed by atoms with E-state index in [0.717, 1.165) is 34.2 Å². The maximum atomic E-state index is 6.40. The first-order chi connectivity index (χ1) is 15.7. The summed E-state index contributed by atoms with van der Waals surface area (Å²) < 4.78 is 11.9. The van der Waals surface area contributed by atoms with Gasteiger partial charge in [0.2, 0.25) is 0 Å². The lowest BCUT2D eigenvalue weighted by Gasteiger charge is -2.26. The van der Waals surface area contributed by atoms with Crippen LogP contribution in [0.1, 0.15) is 30.5 Å². The van der Waals surface area contributed by atoms with Crippen molar-refractivity contribution in [3.05, 3.63) is 103 Å². The maximum absolute atomic E-state index is 6.40. The molecule has 2 atom stereocenters. The fourth-order valence-electron chi connectivity index (χ4n) is 4.06. The van der Waals surface area contributed by atoms with E-state index < -0.39 is 0 Å². The molecule has 4 aromatic rings. The molecule has 1 saturated heterocycles. The number of rotatable bonds is 6. The molecule has 5 nitrogen and oxygen atoms in total. The fourth-order valence-corrected chi connectivity index (χ4v) is 4.41. The van der Waals surface area contributed by atoms with Crippen LogP contribution in [0.25, 0.3) is 11.3 Å². The van der Waals surface area contributed by atoms with Crippen LogP contribution in [0.5, 0.6) is 5.75 Å². The van der Waals surface area contributed by atoms with Crippen LogP contribution in [0.15, 0.2) is 95.5 Å². The maximum Gasteiger partial charge on any atom is 0.174 e. The number of aromatic nitrogens is 1. The fraction of sp³-hybridized carbons (Fsp3) is 0.154. The van der Waals surface area contributed by atoms with Gasteiger partial charge in [-0.1, -0.05) is 24.3 Å². The molecule has 0 unspecified atom stereocenters. The molecule has 1 fully saturated rings. The van der Waals surface area contributed by atoms with Crippen LogP contribution >= 0.6 is 12.2 Å². The van der Waals surface area contributed by atoms with Crippen molar-refractivity contribution in [2.75, 3.05) is 11.5 Å². The van der Waals surface area contributed by atoms with Crippen molar-refractivity contribution in [3.63, 3.8) is 0 Å². The van der Waals surface area contributed by atoms with Gasteiger partial charge in [-0.2, -0.15) is 0 Å². The Bertz CT molecular complexity index is 1190. The summed E-state index contributed by atoms with van der Waals surface area (Å²) in [6, 6.07) is 27.7. The summed E-state index contributed by atoms with van der Waals surface area (Å²) in [5.74, 6) is 2.47. The Morgan fingerprint density at radius 1 is 0.969 bits per heavy atom. The van der Waals surface area contributed by atoms with Gasteiger partial charge in [-0.05, 0) is 79.8 Å². The molecular formula is C26H23N3O2S. The number of hydrogen-bond donors (Lipinski definition) is 1. The van der Waals surface area contributed by atoms with Gasteiger partial charge in [0.15, 0.2) is 5.11 Å². The van der Waals surface area contributed by atoms with Crippen molar-refractivity contribution in [2.45, 2.75) is 19.0 Å². The van der Waals surface area contributed by atoms with Crippen LogP contribution in [0, 0.1) is 0 Å². The van der Waals surface area contributed by atoms with Gasteiger partial charge in [0.05, 0.1) is 18.3 Å². The van der Waals surface area contributed by atoms with Crippen molar-refractivity contribution in [1.82, 2.24) is 10.3 Å². The summed E-state index contributed by atoms with van der Waals surface area (Å²) in [5.41, 5.74) is 2.92. The second-order valence-electron chi connectivity index (χ2n) is 7.49. The normalized spacial score (nSPS) is 17.9. The van der Waals surface area contributed by atoms with E-state index in [1.807, 2.05) is 79.7 Å². The van der Waals surface area contributed by atoms with Gasteiger partial charge in [0.25, 0.3) is 0 Å². The Morgan fingerprint density at radius 2 is 1.75 bits per heavy atom. The van der Waals surface area contributed by atoms with Gasteiger partial charge >= 0.3 is 0 Å². The van der Waals surface area contributed by atoms with Crippen molar-refractivity contribution < 1.29 is 9.15 Å². The Labute approximate surface area is 192 Å². The summed E-state index contributed by atoms with van der Waals surface area (Å²) in [4.78, 5) is 6.69. The molecule has 5 rings (SSSR count). The minimum absolute atomic E-state index is 0.136. The summed E-state index contributed by atoms with van der Waals surface area (Å²) in [7, 11) is 0. The van der Waals surface area contributed by atoms with E-state index in [0.29, 0.717) is 11.7 Å². The molecule has 1 aliphatic rings. The minimum atomic E-state index is -0.170. The first-order valence-electron chi connectivity index (χ1n) is 10.6. The summed E-state index contributed by atoms with van der Waals surface area (Å²) in [6.07, 6.45) is 1.80. The quantitative estimate of drug-likeness (QED) is 0.375. The highest BCUT2D eigenvalue weighted by Crippen LogP contribution is 2.42. The molecule has 3 heterocycles. The molecular weight excluding hydrogens is 418 g/mol. The number of para-hydroxylation sites is 1. The van der Waals surface area contributed by atoms with E-state index in [9.17, 15) is 0 Å². The molecule has 1 aliphatic heterocycles. The molecule has 0 saturated carbocycles. The van der Waals surface area contributed by atoms with Crippen LogP contribution in [0.3, 0.4) is 0 Å². The third-order valence-electron chi connectivity index (χ3n) is 5.50. The number of anilines is 1. The smallest absolute Gasteiger partial charge is 0.174 e. The third kappa shape index (κ3) is 3.85. The van der Waals surface area contributed by atoms with E-state index in [4.69, 9.17) is 21.4 Å². The zero-order chi connectivity index (χ0) is 21.9. The second-order valence-corrected chi connectivity index (χ2v) is 7.88. The standard InChI is InChI=1S/C26H23N3O2S/c1-2-30-20-13-11-18(12-14-20)22-15-16-23(31-22)25-24(21-10-6-7-17-27-21)28-26(32)29(25)19-8-4-3-5-9-19/h3-17,24-25H,2H2,1H3,(H,28,32)/t24-,25-/m1/s1. The Balaban J connectivity index is 1.54. The lowest BCUT2D eigenvalue weighted by Crippen LogP contribution is -2.29. The highest BCUT2D eigenvalue weighted by atomic mass is 32.1. The molecule has 32 heavy (non-hydrogen) atoms. The summed E-state index contributed by atoms with van der Waals surface area (Å²) >= 11 is 5.75. The van der Waals surface area contributed by atoms with Gasteiger partial charge in [-0.25, -0.2) is 0 Å².